The Labute approximate surface area is 147 Å². The summed E-state index contributed by atoms with van der Waals surface area (Å²) in [6.07, 6.45) is 0.701. The summed E-state index contributed by atoms with van der Waals surface area (Å²) in [5, 5.41) is 2.77. The predicted molar refractivity (Wildman–Crippen MR) is 94.0 cm³/mol. The number of carbonyl (C=O) groups is 1. The monoisotopic (exact) mass is 364 g/mol. The smallest absolute Gasteiger partial charge is 0.240 e. The van der Waals surface area contributed by atoms with E-state index in [4.69, 9.17) is 0 Å². The van der Waals surface area contributed by atoms with Crippen molar-refractivity contribution in [2.45, 2.75) is 30.7 Å². The van der Waals surface area contributed by atoms with Gasteiger partial charge in [0.15, 0.2) is 0 Å². The Kier molecular flexibility index (Phi) is 6.27. The van der Waals surface area contributed by atoms with Crippen molar-refractivity contribution in [3.05, 3.63) is 65.5 Å². The zero-order valence-electron chi connectivity index (χ0n) is 14.1. The van der Waals surface area contributed by atoms with Gasteiger partial charge in [0.1, 0.15) is 5.82 Å². The highest BCUT2D eigenvalue weighted by molar-refractivity contribution is 7.89. The fourth-order valence-electron chi connectivity index (χ4n) is 2.43. The highest BCUT2D eigenvalue weighted by atomic mass is 32.2. The number of hydrogen-bond acceptors (Lipinski definition) is 3. The maximum atomic E-state index is 13.7. The van der Waals surface area contributed by atoms with Gasteiger partial charge in [0.25, 0.3) is 0 Å². The largest absolute Gasteiger partial charge is 0.349 e. The number of benzene rings is 2. The van der Waals surface area contributed by atoms with Gasteiger partial charge in [-0.1, -0.05) is 30.3 Å². The lowest BCUT2D eigenvalue weighted by molar-refractivity contribution is -0.121. The lowest BCUT2D eigenvalue weighted by Crippen LogP contribution is -2.27. The van der Waals surface area contributed by atoms with Gasteiger partial charge in [0, 0.05) is 12.0 Å². The molecule has 2 aromatic rings. The second-order valence-electron chi connectivity index (χ2n) is 5.66. The van der Waals surface area contributed by atoms with Crippen LogP contribution in [0.25, 0.3) is 0 Å². The zero-order chi connectivity index (χ0) is 18.4. The molecule has 2 rings (SSSR count). The first-order valence-corrected chi connectivity index (χ1v) is 9.38. The van der Waals surface area contributed by atoms with Gasteiger partial charge in [-0.3, -0.25) is 4.79 Å². The van der Waals surface area contributed by atoms with Crippen LogP contribution in [0.1, 0.15) is 30.5 Å². The van der Waals surface area contributed by atoms with Crippen LogP contribution in [0.5, 0.6) is 0 Å². The molecule has 0 heterocycles. The number of rotatable bonds is 7. The standard InChI is InChI=1S/C18H21FN2O3S/c1-13(16-5-3-4-6-17(16)19)21-18(22)12-9-14-7-10-15(11-8-14)25(23,24)20-2/h3-8,10-11,13,20H,9,12H2,1-2H3,(H,21,22)/t13-/m1/s1. The number of carbonyl (C=O) groups excluding carboxylic acids is 1. The predicted octanol–water partition coefficient (Wildman–Crippen LogP) is 2.54. The molecule has 0 aliphatic heterocycles. The summed E-state index contributed by atoms with van der Waals surface area (Å²) in [5.41, 5.74) is 1.29. The lowest BCUT2D eigenvalue weighted by Gasteiger charge is -2.15. The van der Waals surface area contributed by atoms with Crippen molar-refractivity contribution in [2.24, 2.45) is 0 Å². The van der Waals surface area contributed by atoms with Crippen molar-refractivity contribution in [1.82, 2.24) is 10.0 Å². The minimum absolute atomic E-state index is 0.177. The number of halogens is 1. The molecule has 0 spiro atoms. The summed E-state index contributed by atoms with van der Waals surface area (Å²) >= 11 is 0. The maximum Gasteiger partial charge on any atom is 0.240 e. The molecule has 7 heteroatoms. The highest BCUT2D eigenvalue weighted by Gasteiger charge is 2.14. The Morgan fingerprint density at radius 3 is 2.36 bits per heavy atom. The Balaban J connectivity index is 1.91. The van der Waals surface area contributed by atoms with E-state index in [0.29, 0.717) is 12.0 Å². The number of amides is 1. The fraction of sp³-hybridized carbons (Fsp3) is 0.278. The van der Waals surface area contributed by atoms with Gasteiger partial charge in [-0.15, -0.1) is 0 Å². The van der Waals surface area contributed by atoms with Crippen LogP contribution in [0.2, 0.25) is 0 Å². The molecule has 0 saturated carbocycles. The van der Waals surface area contributed by atoms with Crippen molar-refractivity contribution in [1.29, 1.82) is 0 Å². The van der Waals surface area contributed by atoms with E-state index < -0.39 is 16.1 Å². The number of nitrogens with one attached hydrogen (secondary N) is 2. The molecule has 1 amide bonds. The van der Waals surface area contributed by atoms with E-state index >= 15 is 0 Å². The summed E-state index contributed by atoms with van der Waals surface area (Å²) < 4.78 is 39.3. The Hall–Kier alpha value is -2.25. The maximum absolute atomic E-state index is 13.7. The van der Waals surface area contributed by atoms with Crippen LogP contribution in [0.15, 0.2) is 53.4 Å². The molecule has 2 aromatic carbocycles. The average molecular weight is 364 g/mol. The van der Waals surface area contributed by atoms with E-state index in [1.54, 1.807) is 37.3 Å². The zero-order valence-corrected chi connectivity index (χ0v) is 14.9. The molecule has 0 bridgehead atoms. The normalized spacial score (nSPS) is 12.6. The quantitative estimate of drug-likeness (QED) is 0.793. The molecule has 0 aliphatic rings. The third kappa shape index (κ3) is 5.11. The average Bonchev–Trinajstić information content (AvgIpc) is 2.60. The minimum Gasteiger partial charge on any atom is -0.349 e. The molecule has 0 saturated heterocycles. The summed E-state index contributed by atoms with van der Waals surface area (Å²) in [4.78, 5) is 12.2. The lowest BCUT2D eigenvalue weighted by atomic mass is 10.1. The molecule has 134 valence electrons. The van der Waals surface area contributed by atoms with Gasteiger partial charge in [0.2, 0.25) is 15.9 Å². The van der Waals surface area contributed by atoms with E-state index in [2.05, 4.69) is 10.0 Å². The SMILES string of the molecule is CNS(=O)(=O)c1ccc(CCC(=O)N[C@H](C)c2ccccc2F)cc1. The van der Waals surface area contributed by atoms with E-state index in [9.17, 15) is 17.6 Å². The highest BCUT2D eigenvalue weighted by Crippen LogP contribution is 2.16. The first kappa shape index (κ1) is 19.1. The molecule has 25 heavy (non-hydrogen) atoms. The van der Waals surface area contributed by atoms with Crippen LogP contribution in [0.4, 0.5) is 4.39 Å². The van der Waals surface area contributed by atoms with E-state index in [0.717, 1.165) is 5.56 Å². The molecular formula is C18H21FN2O3S. The molecule has 0 unspecified atom stereocenters. The third-order valence-electron chi connectivity index (χ3n) is 3.89. The molecule has 1 atom stereocenters. The molecule has 5 nitrogen and oxygen atoms in total. The number of aryl methyl sites for hydroxylation is 1. The molecular weight excluding hydrogens is 343 g/mol. The van der Waals surface area contributed by atoms with Crippen molar-refractivity contribution < 1.29 is 17.6 Å². The van der Waals surface area contributed by atoms with E-state index in [-0.39, 0.29) is 23.0 Å². The van der Waals surface area contributed by atoms with Crippen LogP contribution >= 0.6 is 0 Å². The summed E-state index contributed by atoms with van der Waals surface area (Å²) in [5.74, 6) is -0.542. The Morgan fingerprint density at radius 2 is 1.76 bits per heavy atom. The van der Waals surface area contributed by atoms with Crippen LogP contribution in [-0.2, 0) is 21.2 Å². The molecule has 0 aliphatic carbocycles. The van der Waals surface area contributed by atoms with Gasteiger partial charge in [-0.2, -0.15) is 0 Å². The number of sulfonamides is 1. The molecule has 0 fully saturated rings. The van der Waals surface area contributed by atoms with E-state index in [1.165, 1.54) is 25.2 Å². The number of hydrogen-bond donors (Lipinski definition) is 2. The topological polar surface area (TPSA) is 75.3 Å². The van der Waals surface area contributed by atoms with Gasteiger partial charge < -0.3 is 5.32 Å². The third-order valence-corrected chi connectivity index (χ3v) is 5.32. The summed E-state index contributed by atoms with van der Waals surface area (Å²) in [7, 11) is -2.11. The minimum atomic E-state index is -3.46. The fourth-order valence-corrected chi connectivity index (χ4v) is 3.16. The van der Waals surface area contributed by atoms with Crippen molar-refractivity contribution in [3.8, 4) is 0 Å². The molecule has 0 radical (unpaired) electrons. The first-order chi connectivity index (χ1) is 11.8. The van der Waals surface area contributed by atoms with E-state index in [1.807, 2.05) is 0 Å². The molecule has 2 N–H and O–H groups in total. The Morgan fingerprint density at radius 1 is 1.12 bits per heavy atom. The van der Waals surface area contributed by atoms with Crippen molar-refractivity contribution >= 4 is 15.9 Å². The molecule has 0 aromatic heterocycles. The second kappa shape index (κ2) is 8.22. The van der Waals surface area contributed by atoms with Crippen LogP contribution in [-0.4, -0.2) is 21.4 Å². The van der Waals surface area contributed by atoms with Crippen LogP contribution in [0.3, 0.4) is 0 Å². The van der Waals surface area contributed by atoms with Crippen molar-refractivity contribution in [3.63, 3.8) is 0 Å². The second-order valence-corrected chi connectivity index (χ2v) is 7.55. The van der Waals surface area contributed by atoms with Gasteiger partial charge >= 0.3 is 0 Å². The van der Waals surface area contributed by atoms with Gasteiger partial charge in [-0.05, 0) is 44.2 Å². The van der Waals surface area contributed by atoms with Crippen LogP contribution < -0.4 is 10.0 Å². The van der Waals surface area contributed by atoms with Gasteiger partial charge in [-0.25, -0.2) is 17.5 Å². The summed E-state index contributed by atoms with van der Waals surface area (Å²) in [6, 6.07) is 12.3. The van der Waals surface area contributed by atoms with Crippen LogP contribution in [0, 0.1) is 5.82 Å². The van der Waals surface area contributed by atoms with Crippen molar-refractivity contribution in [2.75, 3.05) is 7.05 Å². The first-order valence-electron chi connectivity index (χ1n) is 7.90. The van der Waals surface area contributed by atoms with Gasteiger partial charge in [0.05, 0.1) is 10.9 Å². The Bertz CT molecular complexity index is 836. The summed E-state index contributed by atoms with van der Waals surface area (Å²) in [6.45, 7) is 1.73.